The van der Waals surface area contributed by atoms with Gasteiger partial charge in [0, 0.05) is 0 Å². The normalized spacial score (nSPS) is 18.1. The molecule has 1 N–H and O–H groups in total. The van der Waals surface area contributed by atoms with Gasteiger partial charge >= 0.3 is 5.97 Å². The van der Waals surface area contributed by atoms with Crippen LogP contribution in [0.25, 0.3) is 0 Å². The van der Waals surface area contributed by atoms with Crippen LogP contribution in [-0.2, 0) is 9.53 Å². The topological polar surface area (TPSA) is 46.5 Å². The molecule has 0 aromatic carbocycles. The molecule has 0 aliphatic carbocycles. The summed E-state index contributed by atoms with van der Waals surface area (Å²) in [4.78, 5) is 10.9. The van der Waals surface area contributed by atoms with Crippen LogP contribution in [0.4, 0.5) is 0 Å². The first-order valence-electron chi connectivity index (χ1n) is 4.30. The van der Waals surface area contributed by atoms with Crippen LogP contribution in [0, 0.1) is 11.8 Å². The Morgan fingerprint density at radius 1 is 1.50 bits per heavy atom. The Hall–Kier alpha value is -0.570. The van der Waals surface area contributed by atoms with Crippen LogP contribution in [-0.4, -0.2) is 24.3 Å². The van der Waals surface area contributed by atoms with E-state index < -0.39 is 12.1 Å². The van der Waals surface area contributed by atoms with Crippen LogP contribution in [0.3, 0.4) is 0 Å². The second-order valence-corrected chi connectivity index (χ2v) is 3.21. The van der Waals surface area contributed by atoms with Gasteiger partial charge in [-0.2, -0.15) is 0 Å². The highest BCUT2D eigenvalue weighted by atomic mass is 16.5. The lowest BCUT2D eigenvalue weighted by Crippen LogP contribution is -2.32. The molecule has 12 heavy (non-hydrogen) atoms. The minimum Gasteiger partial charge on any atom is -0.467 e. The summed E-state index contributed by atoms with van der Waals surface area (Å²) in [6, 6.07) is 0. The SMILES string of the molecule is CCC(C)C(C)C(O)C(=O)OC. The van der Waals surface area contributed by atoms with E-state index in [1.165, 1.54) is 7.11 Å². The van der Waals surface area contributed by atoms with Gasteiger partial charge in [-0.25, -0.2) is 4.79 Å². The molecular formula is C9H18O3. The number of carbonyl (C=O) groups is 1. The van der Waals surface area contributed by atoms with Gasteiger partial charge in [-0.05, 0) is 11.8 Å². The molecule has 0 aromatic rings. The molecule has 3 heteroatoms. The van der Waals surface area contributed by atoms with Crippen LogP contribution in [0.15, 0.2) is 0 Å². The largest absolute Gasteiger partial charge is 0.467 e. The molecule has 0 aliphatic rings. The van der Waals surface area contributed by atoms with Crippen LogP contribution < -0.4 is 0 Å². The van der Waals surface area contributed by atoms with Crippen LogP contribution in [0.1, 0.15) is 27.2 Å². The van der Waals surface area contributed by atoms with Gasteiger partial charge in [-0.15, -0.1) is 0 Å². The molecule has 0 amide bonds. The fourth-order valence-corrected chi connectivity index (χ4v) is 1.02. The zero-order valence-electron chi connectivity index (χ0n) is 8.20. The highest BCUT2D eigenvalue weighted by Crippen LogP contribution is 2.18. The molecule has 0 bridgehead atoms. The number of esters is 1. The number of aliphatic hydroxyl groups is 1. The number of ether oxygens (including phenoxy) is 1. The number of hydrogen-bond donors (Lipinski definition) is 1. The summed E-state index contributed by atoms with van der Waals surface area (Å²) in [5.41, 5.74) is 0. The summed E-state index contributed by atoms with van der Waals surface area (Å²) in [6.07, 6.45) is -0.0279. The number of aliphatic hydroxyl groups excluding tert-OH is 1. The lowest BCUT2D eigenvalue weighted by molar-refractivity contribution is -0.154. The van der Waals surface area contributed by atoms with Crippen molar-refractivity contribution in [3.8, 4) is 0 Å². The molecule has 0 spiro atoms. The Morgan fingerprint density at radius 3 is 2.33 bits per heavy atom. The molecule has 3 unspecified atom stereocenters. The Kier molecular flexibility index (Phi) is 4.90. The molecule has 0 saturated carbocycles. The number of methoxy groups -OCH3 is 1. The smallest absolute Gasteiger partial charge is 0.334 e. The molecule has 0 heterocycles. The summed E-state index contributed by atoms with van der Waals surface area (Å²) < 4.78 is 4.44. The summed E-state index contributed by atoms with van der Waals surface area (Å²) in [7, 11) is 1.29. The predicted molar refractivity (Wildman–Crippen MR) is 46.6 cm³/mol. The number of carbonyl (C=O) groups excluding carboxylic acids is 1. The fourth-order valence-electron chi connectivity index (χ4n) is 1.02. The molecule has 0 aromatic heterocycles. The van der Waals surface area contributed by atoms with Gasteiger partial charge in [0.25, 0.3) is 0 Å². The van der Waals surface area contributed by atoms with Crippen LogP contribution in [0.2, 0.25) is 0 Å². The summed E-state index contributed by atoms with van der Waals surface area (Å²) in [5.74, 6) is -0.246. The molecule has 0 fully saturated rings. The predicted octanol–water partition coefficient (Wildman–Crippen LogP) is 1.20. The average molecular weight is 174 g/mol. The minimum absolute atomic E-state index is 0.0394. The molecule has 3 nitrogen and oxygen atoms in total. The van der Waals surface area contributed by atoms with Crippen molar-refractivity contribution >= 4 is 5.97 Å². The third kappa shape index (κ3) is 2.81. The minimum atomic E-state index is -0.982. The number of hydrogen-bond acceptors (Lipinski definition) is 3. The van der Waals surface area contributed by atoms with E-state index in [4.69, 9.17) is 0 Å². The Labute approximate surface area is 73.7 Å². The van der Waals surface area contributed by atoms with E-state index in [0.717, 1.165) is 6.42 Å². The van der Waals surface area contributed by atoms with Crippen molar-refractivity contribution in [2.45, 2.75) is 33.3 Å². The number of rotatable bonds is 4. The van der Waals surface area contributed by atoms with E-state index >= 15 is 0 Å². The van der Waals surface area contributed by atoms with E-state index in [9.17, 15) is 9.90 Å². The Balaban J connectivity index is 4.08. The molecule has 0 radical (unpaired) electrons. The molecular weight excluding hydrogens is 156 g/mol. The van der Waals surface area contributed by atoms with Gasteiger partial charge in [0.2, 0.25) is 0 Å². The van der Waals surface area contributed by atoms with Crippen molar-refractivity contribution in [3.05, 3.63) is 0 Å². The highest BCUT2D eigenvalue weighted by molar-refractivity contribution is 5.74. The van der Waals surface area contributed by atoms with E-state index in [2.05, 4.69) is 4.74 Å². The van der Waals surface area contributed by atoms with Gasteiger partial charge in [-0.1, -0.05) is 27.2 Å². The van der Waals surface area contributed by atoms with Gasteiger partial charge in [0.15, 0.2) is 6.10 Å². The summed E-state index contributed by atoms with van der Waals surface area (Å²) in [5, 5.41) is 9.41. The Bertz CT molecular complexity index is 145. The molecule has 0 rings (SSSR count). The van der Waals surface area contributed by atoms with Crippen molar-refractivity contribution in [2.75, 3.05) is 7.11 Å². The van der Waals surface area contributed by atoms with Gasteiger partial charge in [0.05, 0.1) is 7.11 Å². The Morgan fingerprint density at radius 2 is 2.00 bits per heavy atom. The third-order valence-corrected chi connectivity index (χ3v) is 2.48. The van der Waals surface area contributed by atoms with Crippen molar-refractivity contribution in [3.63, 3.8) is 0 Å². The maximum Gasteiger partial charge on any atom is 0.334 e. The first-order valence-corrected chi connectivity index (χ1v) is 4.30. The fraction of sp³-hybridized carbons (Fsp3) is 0.889. The molecule has 0 saturated heterocycles. The molecule has 3 atom stereocenters. The van der Waals surface area contributed by atoms with Crippen molar-refractivity contribution < 1.29 is 14.6 Å². The maximum absolute atomic E-state index is 10.9. The van der Waals surface area contributed by atoms with Gasteiger partial charge in [0.1, 0.15) is 0 Å². The average Bonchev–Trinajstić information content (AvgIpc) is 2.12. The molecule has 0 aliphatic heterocycles. The second kappa shape index (κ2) is 5.14. The monoisotopic (exact) mass is 174 g/mol. The first-order chi connectivity index (χ1) is 5.54. The highest BCUT2D eigenvalue weighted by Gasteiger charge is 2.26. The van der Waals surface area contributed by atoms with E-state index in [-0.39, 0.29) is 5.92 Å². The third-order valence-electron chi connectivity index (χ3n) is 2.48. The van der Waals surface area contributed by atoms with Gasteiger partial charge < -0.3 is 9.84 Å². The lowest BCUT2D eigenvalue weighted by Gasteiger charge is -2.21. The molecule has 72 valence electrons. The lowest BCUT2D eigenvalue weighted by atomic mass is 9.89. The van der Waals surface area contributed by atoms with Gasteiger partial charge in [-0.3, -0.25) is 0 Å². The van der Waals surface area contributed by atoms with Crippen molar-refractivity contribution in [1.82, 2.24) is 0 Å². The standard InChI is InChI=1S/C9H18O3/c1-5-6(2)7(3)8(10)9(11)12-4/h6-8,10H,5H2,1-4H3. The summed E-state index contributed by atoms with van der Waals surface area (Å²) in [6.45, 7) is 5.90. The first kappa shape index (κ1) is 11.4. The van der Waals surface area contributed by atoms with E-state index in [0.29, 0.717) is 5.92 Å². The van der Waals surface area contributed by atoms with Crippen molar-refractivity contribution in [1.29, 1.82) is 0 Å². The van der Waals surface area contributed by atoms with Crippen LogP contribution in [0.5, 0.6) is 0 Å². The quantitative estimate of drug-likeness (QED) is 0.651. The van der Waals surface area contributed by atoms with E-state index in [1.807, 2.05) is 20.8 Å². The zero-order chi connectivity index (χ0) is 9.72. The maximum atomic E-state index is 10.9. The van der Waals surface area contributed by atoms with E-state index in [1.54, 1.807) is 0 Å². The second-order valence-electron chi connectivity index (χ2n) is 3.21. The summed E-state index contributed by atoms with van der Waals surface area (Å²) >= 11 is 0. The van der Waals surface area contributed by atoms with Crippen molar-refractivity contribution in [2.24, 2.45) is 11.8 Å². The van der Waals surface area contributed by atoms with Crippen LogP contribution >= 0.6 is 0 Å². The zero-order valence-corrected chi connectivity index (χ0v) is 8.20.